The summed E-state index contributed by atoms with van der Waals surface area (Å²) in [5.74, 6) is 0.178. The molecule has 8 heteroatoms. The summed E-state index contributed by atoms with van der Waals surface area (Å²) in [4.78, 5) is 26.5. The number of aromatic amines is 1. The van der Waals surface area contributed by atoms with E-state index in [0.29, 0.717) is 36.7 Å². The minimum Gasteiger partial charge on any atom is -0.467 e. The van der Waals surface area contributed by atoms with Crippen LogP contribution in [0.2, 0.25) is 0 Å². The van der Waals surface area contributed by atoms with Gasteiger partial charge < -0.3 is 14.6 Å². The first-order chi connectivity index (χ1) is 14.6. The Bertz CT molecular complexity index is 1010. The molecule has 156 valence electrons. The summed E-state index contributed by atoms with van der Waals surface area (Å²) in [6, 6.07) is 11.7. The fraction of sp³-hybridized carbons (Fsp3) is 0.318. The molecule has 3 aromatic rings. The lowest BCUT2D eigenvalue weighted by Gasteiger charge is -2.31. The van der Waals surface area contributed by atoms with E-state index in [4.69, 9.17) is 4.42 Å². The number of carbonyl (C=O) groups excluding carboxylic acids is 2. The van der Waals surface area contributed by atoms with E-state index in [2.05, 4.69) is 15.5 Å². The lowest BCUT2D eigenvalue weighted by molar-refractivity contribution is -0.131. The number of piperidine rings is 1. The van der Waals surface area contributed by atoms with Crippen LogP contribution in [0.3, 0.4) is 0 Å². The van der Waals surface area contributed by atoms with Crippen LogP contribution < -0.4 is 5.32 Å². The van der Waals surface area contributed by atoms with E-state index in [1.54, 1.807) is 47.6 Å². The Labute approximate surface area is 173 Å². The van der Waals surface area contributed by atoms with Gasteiger partial charge in [0.2, 0.25) is 5.91 Å². The van der Waals surface area contributed by atoms with E-state index >= 15 is 0 Å². The van der Waals surface area contributed by atoms with Crippen LogP contribution >= 0.6 is 0 Å². The number of nitrogens with one attached hydrogen (secondary N) is 2. The lowest BCUT2D eigenvalue weighted by atomic mass is 9.93. The molecule has 2 amide bonds. The summed E-state index contributed by atoms with van der Waals surface area (Å²) in [6.45, 7) is 1.49. The number of furan rings is 1. The Kier molecular flexibility index (Phi) is 5.92. The largest absolute Gasteiger partial charge is 0.467 e. The van der Waals surface area contributed by atoms with Crippen LogP contribution in [0.25, 0.3) is 0 Å². The molecule has 1 aliphatic rings. The molecule has 3 heterocycles. The van der Waals surface area contributed by atoms with E-state index in [9.17, 15) is 14.0 Å². The molecule has 30 heavy (non-hydrogen) atoms. The van der Waals surface area contributed by atoms with Crippen molar-refractivity contribution in [1.82, 2.24) is 20.4 Å². The number of aromatic nitrogens is 2. The summed E-state index contributed by atoms with van der Waals surface area (Å²) in [5.41, 5.74) is 1.64. The molecule has 0 radical (unpaired) electrons. The highest BCUT2D eigenvalue weighted by molar-refractivity contribution is 5.92. The Morgan fingerprint density at radius 3 is 2.73 bits per heavy atom. The van der Waals surface area contributed by atoms with Crippen molar-refractivity contribution >= 4 is 11.8 Å². The Hall–Kier alpha value is -3.42. The molecular formula is C22H23FN4O3. The summed E-state index contributed by atoms with van der Waals surface area (Å²) < 4.78 is 19.0. The Morgan fingerprint density at radius 2 is 2.00 bits per heavy atom. The van der Waals surface area contributed by atoms with Crippen LogP contribution in [0, 0.1) is 5.82 Å². The number of rotatable bonds is 6. The first-order valence-corrected chi connectivity index (χ1v) is 9.97. The van der Waals surface area contributed by atoms with E-state index in [1.165, 1.54) is 6.07 Å². The minimum atomic E-state index is -0.351. The molecule has 1 fully saturated rings. The number of nitrogens with zero attached hydrogens (tertiary/aromatic N) is 2. The van der Waals surface area contributed by atoms with Crippen molar-refractivity contribution in [3.8, 4) is 0 Å². The van der Waals surface area contributed by atoms with E-state index in [1.807, 2.05) is 0 Å². The van der Waals surface area contributed by atoms with Crippen molar-refractivity contribution in [2.24, 2.45) is 0 Å². The first kappa shape index (κ1) is 19.9. The zero-order valence-corrected chi connectivity index (χ0v) is 16.4. The minimum absolute atomic E-state index is 0.0684. The van der Waals surface area contributed by atoms with Crippen LogP contribution in [0.1, 0.15) is 46.3 Å². The molecule has 0 atom stereocenters. The van der Waals surface area contributed by atoms with Crippen molar-refractivity contribution in [2.45, 2.75) is 31.7 Å². The fourth-order valence-electron chi connectivity index (χ4n) is 3.69. The normalized spacial score (nSPS) is 14.6. The lowest BCUT2D eigenvalue weighted by Crippen LogP contribution is -2.39. The quantitative estimate of drug-likeness (QED) is 0.654. The topological polar surface area (TPSA) is 91.2 Å². The second-order valence-electron chi connectivity index (χ2n) is 7.39. The van der Waals surface area contributed by atoms with Crippen molar-refractivity contribution in [3.63, 3.8) is 0 Å². The maximum Gasteiger partial charge on any atom is 0.272 e. The molecule has 1 aliphatic heterocycles. The van der Waals surface area contributed by atoms with Gasteiger partial charge >= 0.3 is 0 Å². The first-order valence-electron chi connectivity index (χ1n) is 9.97. The number of hydrogen-bond acceptors (Lipinski definition) is 4. The molecular weight excluding hydrogens is 387 g/mol. The predicted molar refractivity (Wildman–Crippen MR) is 107 cm³/mol. The van der Waals surface area contributed by atoms with Crippen LogP contribution in [-0.4, -0.2) is 40.0 Å². The molecule has 0 bridgehead atoms. The third-order valence-electron chi connectivity index (χ3n) is 5.42. The Morgan fingerprint density at radius 1 is 1.20 bits per heavy atom. The third-order valence-corrected chi connectivity index (χ3v) is 5.42. The zero-order valence-electron chi connectivity index (χ0n) is 16.4. The summed E-state index contributed by atoms with van der Waals surface area (Å²) in [5, 5.41) is 9.84. The number of likely N-dealkylation sites (tertiary alicyclic amines) is 1. The van der Waals surface area contributed by atoms with Crippen molar-refractivity contribution < 1.29 is 18.4 Å². The van der Waals surface area contributed by atoms with Gasteiger partial charge in [-0.05, 0) is 42.7 Å². The van der Waals surface area contributed by atoms with Gasteiger partial charge in [-0.15, -0.1) is 0 Å². The second kappa shape index (κ2) is 8.94. The van der Waals surface area contributed by atoms with Gasteiger partial charge in [-0.2, -0.15) is 5.10 Å². The zero-order chi connectivity index (χ0) is 20.9. The molecule has 2 aromatic heterocycles. The highest BCUT2D eigenvalue weighted by atomic mass is 19.1. The number of halogens is 1. The van der Waals surface area contributed by atoms with E-state index < -0.39 is 0 Å². The molecule has 7 nitrogen and oxygen atoms in total. The summed E-state index contributed by atoms with van der Waals surface area (Å²) in [6.07, 6.45) is 3.15. The average Bonchev–Trinajstić information content (AvgIpc) is 3.46. The molecule has 1 saturated heterocycles. The molecule has 0 saturated carbocycles. The van der Waals surface area contributed by atoms with Crippen LogP contribution in [0.4, 0.5) is 4.39 Å². The van der Waals surface area contributed by atoms with Crippen molar-refractivity contribution in [2.75, 3.05) is 13.1 Å². The SMILES string of the molecule is O=C(NCc1ccco1)c1cc(C2CCN(C(=O)Cc3ccccc3F)CC2)[nH]n1. The standard InChI is InChI=1S/C22H23FN4O3/c23-18-6-2-1-4-16(18)12-21(28)27-9-7-15(8-10-27)19-13-20(26-25-19)22(29)24-14-17-5-3-11-30-17/h1-6,11,13,15H,7-10,12,14H2,(H,24,29)(H,25,26). The molecule has 2 N–H and O–H groups in total. The molecule has 0 spiro atoms. The van der Waals surface area contributed by atoms with Crippen molar-refractivity contribution in [1.29, 1.82) is 0 Å². The van der Waals surface area contributed by atoms with Gasteiger partial charge in [-0.25, -0.2) is 4.39 Å². The van der Waals surface area contributed by atoms with Gasteiger partial charge in [0.25, 0.3) is 5.91 Å². The number of hydrogen-bond donors (Lipinski definition) is 2. The predicted octanol–water partition coefficient (Wildman–Crippen LogP) is 3.02. The van der Waals surface area contributed by atoms with Gasteiger partial charge in [0.15, 0.2) is 0 Å². The fourth-order valence-corrected chi connectivity index (χ4v) is 3.69. The smallest absolute Gasteiger partial charge is 0.272 e. The number of H-pyrrole nitrogens is 1. The third kappa shape index (κ3) is 4.59. The summed E-state index contributed by atoms with van der Waals surface area (Å²) >= 11 is 0. The maximum absolute atomic E-state index is 13.8. The number of carbonyl (C=O) groups is 2. The highest BCUT2D eigenvalue weighted by Crippen LogP contribution is 2.27. The number of benzene rings is 1. The van der Waals surface area contributed by atoms with Gasteiger partial charge in [-0.1, -0.05) is 18.2 Å². The molecule has 1 aromatic carbocycles. The van der Waals surface area contributed by atoms with E-state index in [-0.39, 0.29) is 30.0 Å². The second-order valence-corrected chi connectivity index (χ2v) is 7.39. The number of amides is 2. The highest BCUT2D eigenvalue weighted by Gasteiger charge is 2.26. The van der Waals surface area contributed by atoms with Crippen LogP contribution in [-0.2, 0) is 17.8 Å². The monoisotopic (exact) mass is 410 g/mol. The molecule has 4 rings (SSSR count). The molecule has 0 unspecified atom stereocenters. The van der Waals surface area contributed by atoms with E-state index in [0.717, 1.165) is 18.5 Å². The molecule has 0 aliphatic carbocycles. The van der Waals surface area contributed by atoms with Crippen LogP contribution in [0.5, 0.6) is 0 Å². The van der Waals surface area contributed by atoms with Crippen molar-refractivity contribution in [3.05, 3.63) is 77.3 Å². The van der Waals surface area contributed by atoms with Gasteiger partial charge in [0.1, 0.15) is 17.3 Å². The van der Waals surface area contributed by atoms with Gasteiger partial charge in [0, 0.05) is 24.7 Å². The van der Waals surface area contributed by atoms with Gasteiger partial charge in [0.05, 0.1) is 19.2 Å². The summed E-state index contributed by atoms with van der Waals surface area (Å²) in [7, 11) is 0. The van der Waals surface area contributed by atoms with Gasteiger partial charge in [-0.3, -0.25) is 14.7 Å². The van der Waals surface area contributed by atoms with Crippen LogP contribution in [0.15, 0.2) is 53.1 Å². The Balaban J connectivity index is 1.28. The maximum atomic E-state index is 13.8. The average molecular weight is 410 g/mol.